The Balaban J connectivity index is 1.66. The second-order valence-electron chi connectivity index (χ2n) is 4.72. The second-order valence-corrected chi connectivity index (χ2v) is 4.72. The van der Waals surface area contributed by atoms with Crippen molar-refractivity contribution in [1.82, 2.24) is 0 Å². The molecule has 2 aromatic carbocycles. The van der Waals surface area contributed by atoms with Crippen LogP contribution in [-0.4, -0.2) is 19.4 Å². The van der Waals surface area contributed by atoms with Gasteiger partial charge in [0.2, 0.25) is 0 Å². The van der Waals surface area contributed by atoms with Gasteiger partial charge in [0, 0.05) is 30.3 Å². The minimum Gasteiger partial charge on any atom is -0.370 e. The van der Waals surface area contributed by atoms with Crippen LogP contribution in [0.3, 0.4) is 0 Å². The van der Waals surface area contributed by atoms with E-state index in [9.17, 15) is 4.79 Å². The molecule has 2 aromatic rings. The number of nitrogens with zero attached hydrogens (tertiary/aromatic N) is 1. The standard InChI is InChI=1S/C16H15NO/c18-12-13-6-8-16(9-7-13)17-10-15(11-17)14-4-2-1-3-5-14/h1-9,12,15H,10-11H2. The van der Waals surface area contributed by atoms with E-state index < -0.39 is 0 Å². The lowest BCUT2D eigenvalue weighted by atomic mass is 9.91. The van der Waals surface area contributed by atoms with E-state index in [2.05, 4.69) is 35.2 Å². The Morgan fingerprint density at radius 2 is 1.61 bits per heavy atom. The molecule has 90 valence electrons. The van der Waals surface area contributed by atoms with Crippen LogP contribution in [0.4, 0.5) is 5.69 Å². The highest BCUT2D eigenvalue weighted by molar-refractivity contribution is 5.75. The Kier molecular flexibility index (Phi) is 2.85. The Hall–Kier alpha value is -2.09. The minimum atomic E-state index is 0.636. The van der Waals surface area contributed by atoms with Crippen LogP contribution in [0, 0.1) is 0 Å². The van der Waals surface area contributed by atoms with E-state index in [1.807, 2.05) is 24.3 Å². The van der Waals surface area contributed by atoms with Crippen molar-refractivity contribution < 1.29 is 4.79 Å². The summed E-state index contributed by atoms with van der Waals surface area (Å²) in [5.74, 6) is 0.636. The summed E-state index contributed by atoms with van der Waals surface area (Å²) < 4.78 is 0. The van der Waals surface area contributed by atoms with Gasteiger partial charge in [-0.15, -0.1) is 0 Å². The fraction of sp³-hybridized carbons (Fsp3) is 0.188. The van der Waals surface area contributed by atoms with Gasteiger partial charge in [0.1, 0.15) is 6.29 Å². The molecule has 2 heteroatoms. The van der Waals surface area contributed by atoms with Gasteiger partial charge in [-0.3, -0.25) is 4.79 Å². The van der Waals surface area contributed by atoms with Gasteiger partial charge in [-0.25, -0.2) is 0 Å². The van der Waals surface area contributed by atoms with Gasteiger partial charge in [-0.2, -0.15) is 0 Å². The molecule has 1 aliphatic rings. The van der Waals surface area contributed by atoms with E-state index in [1.54, 1.807) is 0 Å². The first kappa shape index (κ1) is 11.0. The number of benzene rings is 2. The van der Waals surface area contributed by atoms with Crippen molar-refractivity contribution in [3.63, 3.8) is 0 Å². The smallest absolute Gasteiger partial charge is 0.150 e. The SMILES string of the molecule is O=Cc1ccc(N2CC(c3ccccc3)C2)cc1. The molecule has 18 heavy (non-hydrogen) atoms. The van der Waals surface area contributed by atoms with Gasteiger partial charge < -0.3 is 4.90 Å². The summed E-state index contributed by atoms with van der Waals surface area (Å²) in [6, 6.07) is 18.4. The molecule has 0 bridgehead atoms. The summed E-state index contributed by atoms with van der Waals surface area (Å²) in [5, 5.41) is 0. The molecule has 1 fully saturated rings. The largest absolute Gasteiger partial charge is 0.370 e. The van der Waals surface area contributed by atoms with Gasteiger partial charge in [0.15, 0.2) is 0 Å². The van der Waals surface area contributed by atoms with Crippen LogP contribution in [0.1, 0.15) is 21.8 Å². The lowest BCUT2D eigenvalue weighted by molar-refractivity contribution is 0.112. The summed E-state index contributed by atoms with van der Waals surface area (Å²) >= 11 is 0. The molecule has 1 aliphatic heterocycles. The lowest BCUT2D eigenvalue weighted by Gasteiger charge is -2.41. The van der Waals surface area contributed by atoms with Crippen LogP contribution >= 0.6 is 0 Å². The lowest BCUT2D eigenvalue weighted by Crippen LogP contribution is -2.44. The number of rotatable bonds is 3. The number of carbonyl (C=O) groups is 1. The minimum absolute atomic E-state index is 0.636. The van der Waals surface area contributed by atoms with Crippen LogP contribution in [0.15, 0.2) is 54.6 Å². The monoisotopic (exact) mass is 237 g/mol. The Labute approximate surface area is 107 Å². The number of anilines is 1. The third-order valence-corrected chi connectivity index (χ3v) is 3.55. The molecule has 0 unspecified atom stereocenters. The summed E-state index contributed by atoms with van der Waals surface area (Å²) in [7, 11) is 0. The number of hydrogen-bond acceptors (Lipinski definition) is 2. The molecule has 0 atom stereocenters. The maximum atomic E-state index is 10.6. The highest BCUT2D eigenvalue weighted by Gasteiger charge is 2.27. The zero-order valence-corrected chi connectivity index (χ0v) is 10.1. The normalized spacial score (nSPS) is 15.2. The van der Waals surface area contributed by atoms with E-state index in [1.165, 1.54) is 11.3 Å². The van der Waals surface area contributed by atoms with E-state index in [-0.39, 0.29) is 0 Å². The first-order valence-corrected chi connectivity index (χ1v) is 6.22. The van der Waals surface area contributed by atoms with E-state index in [4.69, 9.17) is 0 Å². The van der Waals surface area contributed by atoms with E-state index >= 15 is 0 Å². The zero-order chi connectivity index (χ0) is 12.4. The van der Waals surface area contributed by atoms with Crippen molar-refractivity contribution in [2.24, 2.45) is 0 Å². The van der Waals surface area contributed by atoms with Crippen LogP contribution in [-0.2, 0) is 0 Å². The first-order chi connectivity index (χ1) is 8.86. The molecular formula is C16H15NO. The van der Waals surface area contributed by atoms with Gasteiger partial charge >= 0.3 is 0 Å². The molecule has 0 N–H and O–H groups in total. The highest BCUT2D eigenvalue weighted by Crippen LogP contribution is 2.31. The van der Waals surface area contributed by atoms with Gasteiger partial charge in [0.05, 0.1) is 0 Å². The van der Waals surface area contributed by atoms with Crippen LogP contribution in [0.5, 0.6) is 0 Å². The maximum absolute atomic E-state index is 10.6. The maximum Gasteiger partial charge on any atom is 0.150 e. The summed E-state index contributed by atoms with van der Waals surface area (Å²) in [6.07, 6.45) is 0.882. The second kappa shape index (κ2) is 4.65. The van der Waals surface area contributed by atoms with Crippen LogP contribution < -0.4 is 4.90 Å². The molecule has 1 heterocycles. The predicted octanol–water partition coefficient (Wildman–Crippen LogP) is 3.10. The third-order valence-electron chi connectivity index (χ3n) is 3.55. The topological polar surface area (TPSA) is 20.3 Å². The molecular weight excluding hydrogens is 222 g/mol. The average molecular weight is 237 g/mol. The molecule has 3 rings (SSSR count). The number of hydrogen-bond donors (Lipinski definition) is 0. The van der Waals surface area contributed by atoms with E-state index in [0.29, 0.717) is 5.92 Å². The first-order valence-electron chi connectivity index (χ1n) is 6.22. The van der Waals surface area contributed by atoms with Gasteiger partial charge in [-0.05, 0) is 29.8 Å². The van der Waals surface area contributed by atoms with E-state index in [0.717, 1.165) is 24.9 Å². The predicted molar refractivity (Wildman–Crippen MR) is 73.2 cm³/mol. The third kappa shape index (κ3) is 2.02. The van der Waals surface area contributed by atoms with Crippen molar-refractivity contribution in [3.8, 4) is 0 Å². The van der Waals surface area contributed by atoms with Gasteiger partial charge in [-0.1, -0.05) is 30.3 Å². The Bertz CT molecular complexity index is 527. The van der Waals surface area contributed by atoms with Gasteiger partial charge in [0.25, 0.3) is 0 Å². The molecule has 0 radical (unpaired) electrons. The number of aldehydes is 1. The molecule has 0 aromatic heterocycles. The number of carbonyl (C=O) groups excluding carboxylic acids is 1. The van der Waals surface area contributed by atoms with Crippen molar-refractivity contribution in [3.05, 3.63) is 65.7 Å². The summed E-state index contributed by atoms with van der Waals surface area (Å²) in [6.45, 7) is 2.12. The van der Waals surface area contributed by atoms with Crippen LogP contribution in [0.2, 0.25) is 0 Å². The van der Waals surface area contributed by atoms with Crippen molar-refractivity contribution in [2.45, 2.75) is 5.92 Å². The summed E-state index contributed by atoms with van der Waals surface area (Å²) in [4.78, 5) is 12.9. The molecule has 1 saturated heterocycles. The van der Waals surface area contributed by atoms with Crippen LogP contribution in [0.25, 0.3) is 0 Å². The molecule has 2 nitrogen and oxygen atoms in total. The fourth-order valence-corrected chi connectivity index (χ4v) is 2.39. The van der Waals surface area contributed by atoms with Crippen molar-refractivity contribution >= 4 is 12.0 Å². The zero-order valence-electron chi connectivity index (χ0n) is 10.1. The molecule has 0 saturated carbocycles. The van der Waals surface area contributed by atoms with Crippen molar-refractivity contribution in [1.29, 1.82) is 0 Å². The quantitative estimate of drug-likeness (QED) is 0.764. The molecule has 0 spiro atoms. The Morgan fingerprint density at radius 1 is 0.944 bits per heavy atom. The fourth-order valence-electron chi connectivity index (χ4n) is 2.39. The molecule has 0 amide bonds. The summed E-state index contributed by atoms with van der Waals surface area (Å²) in [5.41, 5.74) is 3.35. The average Bonchev–Trinajstić information content (AvgIpc) is 2.39. The van der Waals surface area contributed by atoms with Crippen molar-refractivity contribution in [2.75, 3.05) is 18.0 Å². The Morgan fingerprint density at radius 3 is 2.22 bits per heavy atom. The highest BCUT2D eigenvalue weighted by atomic mass is 16.1. The molecule has 0 aliphatic carbocycles.